The Balaban J connectivity index is 2.27. The lowest BCUT2D eigenvalue weighted by Gasteiger charge is -2.12. The molecule has 0 aliphatic heterocycles. The van der Waals surface area contributed by atoms with Crippen molar-refractivity contribution < 1.29 is 0 Å². The molecular formula is C12H18BrNS. The van der Waals surface area contributed by atoms with Gasteiger partial charge in [-0.2, -0.15) is 11.8 Å². The molecule has 3 heteroatoms. The SMILES string of the molecule is CSCCC(C)NCc1ccc(Br)cc1. The molecule has 0 aliphatic carbocycles. The summed E-state index contributed by atoms with van der Waals surface area (Å²) in [6, 6.07) is 9.07. The van der Waals surface area contributed by atoms with E-state index in [9.17, 15) is 0 Å². The first-order valence-corrected chi connectivity index (χ1v) is 7.38. The average molecular weight is 288 g/mol. The highest BCUT2D eigenvalue weighted by atomic mass is 79.9. The minimum Gasteiger partial charge on any atom is -0.310 e. The first-order chi connectivity index (χ1) is 7.22. The van der Waals surface area contributed by atoms with Crippen molar-refractivity contribution >= 4 is 27.7 Å². The highest BCUT2D eigenvalue weighted by Gasteiger charge is 2.00. The molecular weight excluding hydrogens is 270 g/mol. The van der Waals surface area contributed by atoms with Crippen LogP contribution in [-0.4, -0.2) is 18.1 Å². The van der Waals surface area contributed by atoms with Crippen LogP contribution in [0.15, 0.2) is 28.7 Å². The van der Waals surface area contributed by atoms with E-state index in [1.165, 1.54) is 17.7 Å². The van der Waals surface area contributed by atoms with Crippen LogP contribution >= 0.6 is 27.7 Å². The van der Waals surface area contributed by atoms with Crippen molar-refractivity contribution in [3.8, 4) is 0 Å². The second kappa shape index (κ2) is 7.31. The van der Waals surface area contributed by atoms with Crippen molar-refractivity contribution in [2.45, 2.75) is 25.9 Å². The fourth-order valence-corrected chi connectivity index (χ4v) is 2.14. The minimum absolute atomic E-state index is 0.598. The maximum absolute atomic E-state index is 3.52. The molecule has 0 bridgehead atoms. The predicted molar refractivity (Wildman–Crippen MR) is 73.4 cm³/mol. The van der Waals surface area contributed by atoms with Gasteiger partial charge in [-0.15, -0.1) is 0 Å². The maximum Gasteiger partial charge on any atom is 0.0207 e. The summed E-state index contributed by atoms with van der Waals surface area (Å²) in [5, 5.41) is 3.52. The van der Waals surface area contributed by atoms with Gasteiger partial charge in [-0.25, -0.2) is 0 Å². The summed E-state index contributed by atoms with van der Waals surface area (Å²) in [7, 11) is 0. The summed E-state index contributed by atoms with van der Waals surface area (Å²) in [4.78, 5) is 0. The first-order valence-electron chi connectivity index (χ1n) is 5.19. The highest BCUT2D eigenvalue weighted by Crippen LogP contribution is 2.10. The molecule has 0 aromatic heterocycles. The third-order valence-corrected chi connectivity index (χ3v) is 3.50. The van der Waals surface area contributed by atoms with Crippen molar-refractivity contribution in [3.05, 3.63) is 34.3 Å². The minimum atomic E-state index is 0.598. The molecule has 0 spiro atoms. The van der Waals surface area contributed by atoms with Gasteiger partial charge in [-0.1, -0.05) is 28.1 Å². The fraction of sp³-hybridized carbons (Fsp3) is 0.500. The van der Waals surface area contributed by atoms with Crippen molar-refractivity contribution in [2.75, 3.05) is 12.0 Å². The quantitative estimate of drug-likeness (QED) is 0.857. The Kier molecular flexibility index (Phi) is 6.37. The van der Waals surface area contributed by atoms with E-state index in [1.54, 1.807) is 0 Å². The standard InChI is InChI=1S/C12H18BrNS/c1-10(7-8-15-2)14-9-11-3-5-12(13)6-4-11/h3-6,10,14H,7-9H2,1-2H3. The van der Waals surface area contributed by atoms with Crippen LogP contribution in [-0.2, 0) is 6.54 Å². The van der Waals surface area contributed by atoms with Crippen LogP contribution in [0, 0.1) is 0 Å². The van der Waals surface area contributed by atoms with Crippen LogP contribution < -0.4 is 5.32 Å². The molecule has 0 aliphatic rings. The Labute approximate surface area is 105 Å². The Morgan fingerprint density at radius 3 is 2.60 bits per heavy atom. The number of nitrogens with one attached hydrogen (secondary N) is 1. The van der Waals surface area contributed by atoms with E-state index >= 15 is 0 Å². The number of halogens is 1. The lowest BCUT2D eigenvalue weighted by molar-refractivity contribution is 0.537. The second-order valence-electron chi connectivity index (χ2n) is 3.69. The number of thioether (sulfide) groups is 1. The lowest BCUT2D eigenvalue weighted by atomic mass is 10.2. The molecule has 1 N–H and O–H groups in total. The van der Waals surface area contributed by atoms with Gasteiger partial charge in [0.2, 0.25) is 0 Å². The van der Waals surface area contributed by atoms with Crippen molar-refractivity contribution in [1.82, 2.24) is 5.32 Å². The van der Waals surface area contributed by atoms with Gasteiger partial charge in [0.05, 0.1) is 0 Å². The van der Waals surface area contributed by atoms with E-state index in [0.29, 0.717) is 6.04 Å². The van der Waals surface area contributed by atoms with Gasteiger partial charge in [-0.05, 0) is 43.0 Å². The molecule has 1 aromatic carbocycles. The predicted octanol–water partition coefficient (Wildman–Crippen LogP) is 3.68. The number of hydrogen-bond donors (Lipinski definition) is 1. The first kappa shape index (κ1) is 13.1. The Morgan fingerprint density at radius 2 is 2.00 bits per heavy atom. The third kappa shape index (κ3) is 5.59. The van der Waals surface area contributed by atoms with Crippen LogP contribution in [0.3, 0.4) is 0 Å². The molecule has 15 heavy (non-hydrogen) atoms. The van der Waals surface area contributed by atoms with E-state index in [0.717, 1.165) is 11.0 Å². The van der Waals surface area contributed by atoms with E-state index in [4.69, 9.17) is 0 Å². The zero-order valence-electron chi connectivity index (χ0n) is 9.29. The molecule has 1 nitrogen and oxygen atoms in total. The number of rotatable bonds is 6. The zero-order valence-corrected chi connectivity index (χ0v) is 11.7. The molecule has 0 radical (unpaired) electrons. The zero-order chi connectivity index (χ0) is 11.1. The fourth-order valence-electron chi connectivity index (χ4n) is 1.29. The maximum atomic E-state index is 3.52. The number of hydrogen-bond acceptors (Lipinski definition) is 2. The van der Waals surface area contributed by atoms with Crippen LogP contribution in [0.1, 0.15) is 18.9 Å². The van der Waals surface area contributed by atoms with E-state index in [1.807, 2.05) is 11.8 Å². The Morgan fingerprint density at radius 1 is 1.33 bits per heavy atom. The molecule has 84 valence electrons. The molecule has 0 saturated carbocycles. The molecule has 0 heterocycles. The van der Waals surface area contributed by atoms with Gasteiger partial charge < -0.3 is 5.32 Å². The topological polar surface area (TPSA) is 12.0 Å². The Bertz CT molecular complexity index is 273. The van der Waals surface area contributed by atoms with Crippen molar-refractivity contribution in [3.63, 3.8) is 0 Å². The summed E-state index contributed by atoms with van der Waals surface area (Å²) >= 11 is 5.34. The van der Waals surface area contributed by atoms with Gasteiger partial charge in [0.25, 0.3) is 0 Å². The monoisotopic (exact) mass is 287 g/mol. The molecule has 1 rings (SSSR count). The van der Waals surface area contributed by atoms with E-state index in [-0.39, 0.29) is 0 Å². The lowest BCUT2D eigenvalue weighted by Crippen LogP contribution is -2.25. The summed E-state index contributed by atoms with van der Waals surface area (Å²) in [6.07, 6.45) is 3.39. The molecule has 0 amide bonds. The molecule has 1 atom stereocenters. The highest BCUT2D eigenvalue weighted by molar-refractivity contribution is 9.10. The largest absolute Gasteiger partial charge is 0.310 e. The average Bonchev–Trinajstić information content (AvgIpc) is 2.25. The summed E-state index contributed by atoms with van der Waals surface area (Å²) in [6.45, 7) is 3.21. The molecule has 0 saturated heterocycles. The third-order valence-electron chi connectivity index (χ3n) is 2.32. The molecule has 1 unspecified atom stereocenters. The Hall–Kier alpha value is 0.01000. The van der Waals surface area contributed by atoms with Gasteiger partial charge in [-0.3, -0.25) is 0 Å². The number of benzene rings is 1. The summed E-state index contributed by atoms with van der Waals surface area (Å²) in [5.74, 6) is 1.23. The van der Waals surface area contributed by atoms with Gasteiger partial charge in [0.15, 0.2) is 0 Å². The summed E-state index contributed by atoms with van der Waals surface area (Å²) in [5.41, 5.74) is 1.34. The van der Waals surface area contributed by atoms with Crippen LogP contribution in [0.4, 0.5) is 0 Å². The molecule has 0 fully saturated rings. The van der Waals surface area contributed by atoms with Gasteiger partial charge in [0.1, 0.15) is 0 Å². The molecule has 1 aromatic rings. The van der Waals surface area contributed by atoms with Crippen LogP contribution in [0.25, 0.3) is 0 Å². The van der Waals surface area contributed by atoms with Gasteiger partial charge in [0, 0.05) is 17.1 Å². The van der Waals surface area contributed by atoms with Crippen LogP contribution in [0.5, 0.6) is 0 Å². The summed E-state index contributed by atoms with van der Waals surface area (Å²) < 4.78 is 1.14. The van der Waals surface area contributed by atoms with Crippen LogP contribution in [0.2, 0.25) is 0 Å². The normalized spacial score (nSPS) is 12.7. The van der Waals surface area contributed by atoms with E-state index < -0.39 is 0 Å². The van der Waals surface area contributed by atoms with E-state index in [2.05, 4.69) is 58.7 Å². The van der Waals surface area contributed by atoms with Gasteiger partial charge >= 0.3 is 0 Å². The smallest absolute Gasteiger partial charge is 0.0207 e. The van der Waals surface area contributed by atoms with Crippen molar-refractivity contribution in [2.24, 2.45) is 0 Å². The second-order valence-corrected chi connectivity index (χ2v) is 5.59. The van der Waals surface area contributed by atoms with Crippen molar-refractivity contribution in [1.29, 1.82) is 0 Å².